The van der Waals surface area contributed by atoms with E-state index in [9.17, 15) is 14.3 Å². The number of hydrogen-bond acceptors (Lipinski definition) is 5. The van der Waals surface area contributed by atoms with Crippen molar-refractivity contribution in [2.45, 2.75) is 40.5 Å². The summed E-state index contributed by atoms with van der Waals surface area (Å²) in [5, 5.41) is 9.82. The number of esters is 1. The summed E-state index contributed by atoms with van der Waals surface area (Å²) in [6, 6.07) is 23.5. The summed E-state index contributed by atoms with van der Waals surface area (Å²) in [7, 11) is 2.96. The Hall–Kier alpha value is -4.52. The molecule has 0 aliphatic heterocycles. The zero-order chi connectivity index (χ0) is 34.0. The average Bonchev–Trinajstić information content (AvgIpc) is 3.08. The van der Waals surface area contributed by atoms with Gasteiger partial charge in [-0.15, -0.1) is 0 Å². The van der Waals surface area contributed by atoms with Gasteiger partial charge < -0.3 is 19.3 Å². The second-order valence-corrected chi connectivity index (χ2v) is 12.1. The number of carbonyl (C=O) groups is 1. The van der Waals surface area contributed by atoms with Crippen molar-refractivity contribution >= 4 is 30.3 Å². The van der Waals surface area contributed by atoms with Gasteiger partial charge in [-0.1, -0.05) is 78.9 Å². The van der Waals surface area contributed by atoms with Crippen LogP contribution in [0.5, 0.6) is 5.75 Å². The second-order valence-electron chi connectivity index (χ2n) is 12.1. The maximum absolute atomic E-state index is 14.6. The van der Waals surface area contributed by atoms with Gasteiger partial charge in [-0.2, -0.15) is 0 Å². The monoisotopic (exact) mass is 636 g/mol. The van der Waals surface area contributed by atoms with Gasteiger partial charge in [-0.25, -0.2) is 4.39 Å². The number of halogens is 1. The van der Waals surface area contributed by atoms with Gasteiger partial charge in [0.2, 0.25) is 0 Å². The van der Waals surface area contributed by atoms with Crippen LogP contribution in [0.2, 0.25) is 0 Å². The molecule has 0 heterocycles. The van der Waals surface area contributed by atoms with Gasteiger partial charge in [0.05, 0.1) is 25.7 Å². The normalized spacial score (nSPS) is 12.9. The summed E-state index contributed by atoms with van der Waals surface area (Å²) in [5.41, 5.74) is 9.49. The summed E-state index contributed by atoms with van der Waals surface area (Å²) >= 11 is 0. The third-order valence-electron chi connectivity index (χ3n) is 8.79. The van der Waals surface area contributed by atoms with Crippen LogP contribution in [0.3, 0.4) is 0 Å². The number of hydrogen-bond donors (Lipinski definition) is 1. The summed E-state index contributed by atoms with van der Waals surface area (Å²) < 4.78 is 30.2. The standard InChI is InChI=1S/C41H45FO5/c1-28-13-14-31(21-22-41(4,27-43)40(44)46-6)25-34(28)17-15-32-9-7-11-37(29(32)2)38-12-8-10-33(30(38)3)16-18-35-26-36(19-20-39(35)42)47-24-23-45-5/h7-20,25-26,43H,21-24,27H2,1-6H3/b17-15+,18-16+/t41-/m0/s1. The Kier molecular flexibility index (Phi) is 12.3. The predicted octanol–water partition coefficient (Wildman–Crippen LogP) is 8.89. The molecule has 0 aliphatic carbocycles. The third kappa shape index (κ3) is 8.85. The molecule has 0 aromatic heterocycles. The highest BCUT2D eigenvalue weighted by atomic mass is 19.1. The first-order valence-corrected chi connectivity index (χ1v) is 15.9. The van der Waals surface area contributed by atoms with E-state index < -0.39 is 11.4 Å². The van der Waals surface area contributed by atoms with E-state index in [2.05, 4.69) is 75.4 Å². The zero-order valence-corrected chi connectivity index (χ0v) is 28.2. The van der Waals surface area contributed by atoms with Crippen LogP contribution >= 0.6 is 0 Å². The van der Waals surface area contributed by atoms with Crippen molar-refractivity contribution in [1.82, 2.24) is 0 Å². The molecule has 0 radical (unpaired) electrons. The van der Waals surface area contributed by atoms with Crippen LogP contribution in [0.25, 0.3) is 35.4 Å². The molecule has 0 saturated carbocycles. The van der Waals surface area contributed by atoms with Gasteiger partial charge in [0.15, 0.2) is 0 Å². The Labute approximate surface area is 278 Å². The molecule has 1 N–H and O–H groups in total. The Morgan fingerprint density at radius 3 is 2.00 bits per heavy atom. The van der Waals surface area contributed by atoms with E-state index in [4.69, 9.17) is 14.2 Å². The van der Waals surface area contributed by atoms with Crippen molar-refractivity contribution in [3.05, 3.63) is 123 Å². The van der Waals surface area contributed by atoms with E-state index >= 15 is 0 Å². The molecule has 0 saturated heterocycles. The van der Waals surface area contributed by atoms with Crippen molar-refractivity contribution in [2.24, 2.45) is 5.41 Å². The van der Waals surface area contributed by atoms with Crippen LogP contribution in [0.1, 0.15) is 57.9 Å². The van der Waals surface area contributed by atoms with Gasteiger partial charge in [-0.05, 0) is 109 Å². The maximum Gasteiger partial charge on any atom is 0.313 e. The minimum atomic E-state index is -0.932. The van der Waals surface area contributed by atoms with Crippen molar-refractivity contribution in [1.29, 1.82) is 0 Å². The maximum atomic E-state index is 14.6. The van der Waals surface area contributed by atoms with Crippen LogP contribution in [0.15, 0.2) is 72.8 Å². The van der Waals surface area contributed by atoms with Crippen LogP contribution in [0, 0.1) is 32.0 Å². The van der Waals surface area contributed by atoms with Gasteiger partial charge in [0, 0.05) is 12.7 Å². The third-order valence-corrected chi connectivity index (χ3v) is 8.79. The lowest BCUT2D eigenvalue weighted by molar-refractivity contribution is -0.154. The molecule has 4 aromatic rings. The van der Waals surface area contributed by atoms with Crippen molar-refractivity contribution in [3.8, 4) is 16.9 Å². The van der Waals surface area contributed by atoms with E-state index in [0.29, 0.717) is 37.4 Å². The second kappa shape index (κ2) is 16.3. The highest BCUT2D eigenvalue weighted by Crippen LogP contribution is 2.32. The Bertz CT molecular complexity index is 1760. The average molecular weight is 637 g/mol. The molecule has 246 valence electrons. The minimum absolute atomic E-state index is 0.260. The largest absolute Gasteiger partial charge is 0.491 e. The molecule has 0 aliphatic rings. The molecule has 5 nitrogen and oxygen atoms in total. The summed E-state index contributed by atoms with van der Waals surface area (Å²) in [6.45, 7) is 8.64. The number of methoxy groups -OCH3 is 2. The molecule has 0 amide bonds. The quantitative estimate of drug-likeness (QED) is 0.0851. The van der Waals surface area contributed by atoms with Crippen LogP contribution in [-0.2, 0) is 20.7 Å². The van der Waals surface area contributed by atoms with Crippen LogP contribution < -0.4 is 4.74 Å². The fourth-order valence-electron chi connectivity index (χ4n) is 5.53. The summed E-state index contributed by atoms with van der Waals surface area (Å²) in [4.78, 5) is 12.2. The van der Waals surface area contributed by atoms with E-state index in [1.54, 1.807) is 32.2 Å². The topological polar surface area (TPSA) is 65.0 Å². The number of carbonyl (C=O) groups excluding carboxylic acids is 1. The molecule has 0 bridgehead atoms. The minimum Gasteiger partial charge on any atom is -0.491 e. The summed E-state index contributed by atoms with van der Waals surface area (Å²) in [6.07, 6.45) is 9.13. The molecule has 0 spiro atoms. The van der Waals surface area contributed by atoms with E-state index in [1.165, 1.54) is 13.2 Å². The van der Waals surface area contributed by atoms with Gasteiger partial charge in [-0.3, -0.25) is 4.79 Å². The zero-order valence-electron chi connectivity index (χ0n) is 28.2. The number of benzene rings is 4. The molecule has 4 rings (SSSR count). The van der Waals surface area contributed by atoms with Crippen LogP contribution in [-0.4, -0.2) is 45.1 Å². The lowest BCUT2D eigenvalue weighted by Crippen LogP contribution is -2.33. The van der Waals surface area contributed by atoms with Gasteiger partial charge >= 0.3 is 5.97 Å². The Morgan fingerprint density at radius 2 is 1.40 bits per heavy atom. The van der Waals surface area contributed by atoms with E-state index in [-0.39, 0.29) is 12.4 Å². The first-order valence-electron chi connectivity index (χ1n) is 15.9. The Balaban J connectivity index is 1.56. The Morgan fingerprint density at radius 1 is 0.787 bits per heavy atom. The predicted molar refractivity (Wildman–Crippen MR) is 190 cm³/mol. The number of rotatable bonds is 14. The molecule has 0 unspecified atom stereocenters. The SMILES string of the molecule is COCCOc1ccc(F)c(/C=C/c2cccc(-c3cccc(/C=C/c4cc(CC[C@@](C)(CO)C(=O)OC)ccc4C)c3C)c2C)c1. The number of ether oxygens (including phenoxy) is 3. The molecule has 47 heavy (non-hydrogen) atoms. The number of aryl methyl sites for hydroxylation is 2. The van der Waals surface area contributed by atoms with Gasteiger partial charge in [0.1, 0.15) is 18.2 Å². The first-order chi connectivity index (χ1) is 22.6. The lowest BCUT2D eigenvalue weighted by Gasteiger charge is -2.24. The molecular formula is C41H45FO5. The van der Waals surface area contributed by atoms with Crippen molar-refractivity contribution in [3.63, 3.8) is 0 Å². The molecule has 0 fully saturated rings. The highest BCUT2D eigenvalue weighted by Gasteiger charge is 2.33. The van der Waals surface area contributed by atoms with E-state index in [1.807, 2.05) is 18.2 Å². The smallest absolute Gasteiger partial charge is 0.313 e. The molecule has 6 heteroatoms. The fourth-order valence-corrected chi connectivity index (χ4v) is 5.53. The van der Waals surface area contributed by atoms with Crippen molar-refractivity contribution < 1.29 is 28.5 Å². The molecular weight excluding hydrogens is 591 g/mol. The number of aliphatic hydroxyl groups is 1. The van der Waals surface area contributed by atoms with Crippen molar-refractivity contribution in [2.75, 3.05) is 34.0 Å². The lowest BCUT2D eigenvalue weighted by atomic mass is 9.84. The molecule has 4 aromatic carbocycles. The number of aliphatic hydroxyl groups excluding tert-OH is 1. The fraction of sp³-hybridized carbons (Fsp3) is 0.293. The van der Waals surface area contributed by atoms with Crippen LogP contribution in [0.4, 0.5) is 4.39 Å². The first kappa shape index (κ1) is 35.3. The van der Waals surface area contributed by atoms with E-state index in [0.717, 1.165) is 50.1 Å². The summed E-state index contributed by atoms with van der Waals surface area (Å²) in [5.74, 6) is -0.114. The highest BCUT2D eigenvalue weighted by molar-refractivity contribution is 5.82. The van der Waals surface area contributed by atoms with Gasteiger partial charge in [0.25, 0.3) is 0 Å². The molecule has 1 atom stereocenters.